The Kier molecular flexibility index (Phi) is 3.80. The SMILES string of the molecule is C[C@@H]1CNCCN1C(=O)c1cccc(C(F)(F)F)c1. The first-order chi connectivity index (χ1) is 8.89. The third-order valence-electron chi connectivity index (χ3n) is 3.20. The second-order valence-corrected chi connectivity index (χ2v) is 4.63. The van der Waals surface area contributed by atoms with Crippen molar-refractivity contribution in [2.45, 2.75) is 19.1 Å². The Morgan fingerprint density at radius 3 is 2.79 bits per heavy atom. The van der Waals surface area contributed by atoms with Gasteiger partial charge in [-0.15, -0.1) is 0 Å². The van der Waals surface area contributed by atoms with E-state index < -0.39 is 11.7 Å². The van der Waals surface area contributed by atoms with E-state index in [1.807, 2.05) is 6.92 Å². The normalized spacial score (nSPS) is 20.4. The average molecular weight is 272 g/mol. The van der Waals surface area contributed by atoms with Gasteiger partial charge in [0, 0.05) is 31.2 Å². The summed E-state index contributed by atoms with van der Waals surface area (Å²) in [5.41, 5.74) is -0.704. The van der Waals surface area contributed by atoms with Crippen LogP contribution in [0, 0.1) is 0 Å². The maximum absolute atomic E-state index is 12.6. The lowest BCUT2D eigenvalue weighted by molar-refractivity contribution is -0.137. The third-order valence-corrected chi connectivity index (χ3v) is 3.20. The monoisotopic (exact) mass is 272 g/mol. The standard InChI is InChI=1S/C13H15F3N2O/c1-9-8-17-5-6-18(9)12(19)10-3-2-4-11(7-10)13(14,15)16/h2-4,7,9,17H,5-6,8H2,1H3/t9-/m1/s1. The van der Waals surface area contributed by atoms with Gasteiger partial charge < -0.3 is 10.2 Å². The van der Waals surface area contributed by atoms with Gasteiger partial charge in [0.15, 0.2) is 0 Å². The van der Waals surface area contributed by atoms with Crippen molar-refractivity contribution in [2.24, 2.45) is 0 Å². The summed E-state index contributed by atoms with van der Waals surface area (Å²) < 4.78 is 37.8. The Labute approximate surface area is 109 Å². The summed E-state index contributed by atoms with van der Waals surface area (Å²) in [5.74, 6) is -0.347. The van der Waals surface area contributed by atoms with Crippen molar-refractivity contribution >= 4 is 5.91 Å². The number of rotatable bonds is 1. The Morgan fingerprint density at radius 1 is 1.42 bits per heavy atom. The quantitative estimate of drug-likeness (QED) is 0.849. The lowest BCUT2D eigenvalue weighted by Gasteiger charge is -2.34. The molecule has 0 aliphatic carbocycles. The van der Waals surface area contributed by atoms with Crippen molar-refractivity contribution in [1.29, 1.82) is 0 Å². The van der Waals surface area contributed by atoms with E-state index in [9.17, 15) is 18.0 Å². The van der Waals surface area contributed by atoms with E-state index in [1.54, 1.807) is 4.90 Å². The molecule has 0 aromatic heterocycles. The highest BCUT2D eigenvalue weighted by molar-refractivity contribution is 5.94. The fourth-order valence-corrected chi connectivity index (χ4v) is 2.14. The topological polar surface area (TPSA) is 32.3 Å². The summed E-state index contributed by atoms with van der Waals surface area (Å²) in [6.07, 6.45) is -4.43. The summed E-state index contributed by atoms with van der Waals surface area (Å²) in [5, 5.41) is 3.13. The fraction of sp³-hybridized carbons (Fsp3) is 0.462. The lowest BCUT2D eigenvalue weighted by atomic mass is 10.1. The Hall–Kier alpha value is -1.56. The summed E-state index contributed by atoms with van der Waals surface area (Å²) in [6.45, 7) is 3.70. The zero-order chi connectivity index (χ0) is 14.0. The minimum atomic E-state index is -4.43. The molecule has 0 radical (unpaired) electrons. The van der Waals surface area contributed by atoms with Crippen molar-refractivity contribution in [3.8, 4) is 0 Å². The van der Waals surface area contributed by atoms with Gasteiger partial charge in [0.05, 0.1) is 5.56 Å². The molecule has 0 unspecified atom stereocenters. The Balaban J connectivity index is 2.24. The number of piperazine rings is 1. The predicted octanol–water partition coefficient (Wildman–Crippen LogP) is 2.14. The largest absolute Gasteiger partial charge is 0.416 e. The Morgan fingerprint density at radius 2 is 2.16 bits per heavy atom. The number of alkyl halides is 3. The number of hydrogen-bond acceptors (Lipinski definition) is 2. The van der Waals surface area contributed by atoms with E-state index in [2.05, 4.69) is 5.32 Å². The zero-order valence-electron chi connectivity index (χ0n) is 10.5. The highest BCUT2D eigenvalue weighted by Crippen LogP contribution is 2.29. The first-order valence-electron chi connectivity index (χ1n) is 6.08. The zero-order valence-corrected chi connectivity index (χ0v) is 10.5. The first-order valence-corrected chi connectivity index (χ1v) is 6.08. The summed E-state index contributed by atoms with van der Waals surface area (Å²) in [7, 11) is 0. The van der Waals surface area contributed by atoms with Crippen LogP contribution in [0.1, 0.15) is 22.8 Å². The van der Waals surface area contributed by atoms with Crippen LogP contribution in [0.3, 0.4) is 0 Å². The van der Waals surface area contributed by atoms with Crippen LogP contribution < -0.4 is 5.32 Å². The van der Waals surface area contributed by atoms with E-state index in [0.717, 1.165) is 12.1 Å². The molecule has 19 heavy (non-hydrogen) atoms. The van der Waals surface area contributed by atoms with Crippen LogP contribution in [0.25, 0.3) is 0 Å². The van der Waals surface area contributed by atoms with E-state index >= 15 is 0 Å². The van der Waals surface area contributed by atoms with Crippen molar-refractivity contribution in [1.82, 2.24) is 10.2 Å². The molecule has 1 aromatic carbocycles. The van der Waals surface area contributed by atoms with Crippen LogP contribution in [0.4, 0.5) is 13.2 Å². The number of carbonyl (C=O) groups is 1. The molecule has 1 amide bonds. The second kappa shape index (κ2) is 5.21. The second-order valence-electron chi connectivity index (χ2n) is 4.63. The van der Waals surface area contributed by atoms with E-state index in [1.165, 1.54) is 12.1 Å². The summed E-state index contributed by atoms with van der Waals surface area (Å²) in [4.78, 5) is 13.8. The van der Waals surface area contributed by atoms with Gasteiger partial charge in [-0.1, -0.05) is 6.07 Å². The molecule has 1 fully saturated rings. The molecule has 0 saturated carbocycles. The van der Waals surface area contributed by atoms with Gasteiger partial charge >= 0.3 is 6.18 Å². The number of amides is 1. The van der Waals surface area contributed by atoms with Crippen LogP contribution in [0.15, 0.2) is 24.3 Å². The lowest BCUT2D eigenvalue weighted by Crippen LogP contribution is -2.52. The van der Waals surface area contributed by atoms with Crippen molar-refractivity contribution < 1.29 is 18.0 Å². The first kappa shape index (κ1) is 13.9. The molecule has 0 bridgehead atoms. The van der Waals surface area contributed by atoms with Crippen molar-refractivity contribution in [3.63, 3.8) is 0 Å². The molecule has 0 spiro atoms. The predicted molar refractivity (Wildman–Crippen MR) is 64.8 cm³/mol. The van der Waals surface area contributed by atoms with Gasteiger partial charge in [0.1, 0.15) is 0 Å². The smallest absolute Gasteiger partial charge is 0.333 e. The number of nitrogens with zero attached hydrogens (tertiary/aromatic N) is 1. The van der Waals surface area contributed by atoms with Gasteiger partial charge in [-0.2, -0.15) is 13.2 Å². The molecule has 2 rings (SSSR count). The Bertz CT molecular complexity index is 473. The molecular formula is C13H15F3N2O. The summed E-state index contributed by atoms with van der Waals surface area (Å²) in [6, 6.07) is 4.56. The third kappa shape index (κ3) is 3.07. The van der Waals surface area contributed by atoms with E-state index in [0.29, 0.717) is 19.6 Å². The molecule has 104 valence electrons. The number of nitrogens with one attached hydrogen (secondary N) is 1. The molecule has 1 aliphatic rings. The number of halogens is 3. The number of benzene rings is 1. The average Bonchev–Trinajstić information content (AvgIpc) is 2.38. The maximum atomic E-state index is 12.6. The molecule has 6 heteroatoms. The van der Waals surface area contributed by atoms with Crippen molar-refractivity contribution in [3.05, 3.63) is 35.4 Å². The van der Waals surface area contributed by atoms with Gasteiger partial charge in [-0.25, -0.2) is 0 Å². The minimum Gasteiger partial charge on any atom is -0.333 e. The van der Waals surface area contributed by atoms with E-state index in [4.69, 9.17) is 0 Å². The number of carbonyl (C=O) groups excluding carboxylic acids is 1. The van der Waals surface area contributed by atoms with Crippen LogP contribution in [-0.4, -0.2) is 36.5 Å². The molecule has 3 nitrogen and oxygen atoms in total. The molecule has 1 saturated heterocycles. The molecule has 1 aromatic rings. The van der Waals surface area contributed by atoms with Gasteiger partial charge in [-0.3, -0.25) is 4.79 Å². The molecule has 1 atom stereocenters. The van der Waals surface area contributed by atoms with Crippen LogP contribution in [-0.2, 0) is 6.18 Å². The van der Waals surface area contributed by atoms with Crippen LogP contribution in [0.5, 0.6) is 0 Å². The highest BCUT2D eigenvalue weighted by Gasteiger charge is 2.32. The minimum absolute atomic E-state index is 0.0178. The van der Waals surface area contributed by atoms with Crippen molar-refractivity contribution in [2.75, 3.05) is 19.6 Å². The van der Waals surface area contributed by atoms with E-state index in [-0.39, 0.29) is 17.5 Å². The summed E-state index contributed by atoms with van der Waals surface area (Å²) >= 11 is 0. The molecule has 1 aliphatic heterocycles. The maximum Gasteiger partial charge on any atom is 0.416 e. The molecular weight excluding hydrogens is 257 g/mol. The van der Waals surface area contributed by atoms with Crippen LogP contribution >= 0.6 is 0 Å². The van der Waals surface area contributed by atoms with Crippen LogP contribution in [0.2, 0.25) is 0 Å². The van der Waals surface area contributed by atoms with Gasteiger partial charge in [-0.05, 0) is 25.1 Å². The van der Waals surface area contributed by atoms with Gasteiger partial charge in [0.2, 0.25) is 0 Å². The van der Waals surface area contributed by atoms with Gasteiger partial charge in [0.25, 0.3) is 5.91 Å². The fourth-order valence-electron chi connectivity index (χ4n) is 2.14. The molecule has 1 heterocycles. The highest BCUT2D eigenvalue weighted by atomic mass is 19.4. The number of hydrogen-bond donors (Lipinski definition) is 1. The molecule has 1 N–H and O–H groups in total.